The van der Waals surface area contributed by atoms with Gasteiger partial charge in [-0.3, -0.25) is 0 Å². The number of nitrogens with one attached hydrogen (secondary N) is 1. The van der Waals surface area contributed by atoms with Crippen LogP contribution >= 0.6 is 11.3 Å². The largest absolute Gasteiger partial charge is 0.319 e. The minimum absolute atomic E-state index is 0.445. The molecule has 1 atom stereocenters. The molecule has 1 aromatic rings. The predicted octanol–water partition coefficient (Wildman–Crippen LogP) is 2.42. The highest BCUT2D eigenvalue weighted by atomic mass is 32.1. The maximum absolute atomic E-state index is 4.50. The van der Waals surface area contributed by atoms with E-state index in [4.69, 9.17) is 0 Å². The average Bonchev–Trinajstić information content (AvgIpc) is 2.50. The molecule has 0 radical (unpaired) electrons. The van der Waals surface area contributed by atoms with Crippen molar-refractivity contribution in [3.63, 3.8) is 0 Å². The Kier molecular flexibility index (Phi) is 2.62. The van der Waals surface area contributed by atoms with E-state index in [1.165, 1.54) is 23.4 Å². The van der Waals surface area contributed by atoms with E-state index in [2.05, 4.69) is 24.1 Å². The van der Waals surface area contributed by atoms with Gasteiger partial charge in [-0.2, -0.15) is 0 Å². The van der Waals surface area contributed by atoms with Crippen molar-refractivity contribution in [2.24, 2.45) is 5.41 Å². The Balaban J connectivity index is 2.28. The van der Waals surface area contributed by atoms with Crippen LogP contribution in [0.25, 0.3) is 0 Å². The number of nitrogens with zero attached hydrogens (tertiary/aromatic N) is 1. The molecular weight excluding hydrogens is 192 g/mol. The first-order valence-electron chi connectivity index (χ1n) is 5.19. The molecule has 14 heavy (non-hydrogen) atoms. The van der Waals surface area contributed by atoms with Crippen molar-refractivity contribution in [2.45, 2.75) is 32.6 Å². The van der Waals surface area contributed by atoms with Crippen LogP contribution in [0.4, 0.5) is 0 Å². The van der Waals surface area contributed by atoms with Crippen LogP contribution in [0.5, 0.6) is 0 Å². The van der Waals surface area contributed by atoms with Gasteiger partial charge in [0, 0.05) is 17.3 Å². The summed E-state index contributed by atoms with van der Waals surface area (Å²) in [6.07, 6.45) is 2.46. The summed E-state index contributed by atoms with van der Waals surface area (Å²) in [5.74, 6) is 0.616. The average molecular weight is 210 g/mol. The number of hydrogen-bond donors (Lipinski definition) is 1. The van der Waals surface area contributed by atoms with E-state index >= 15 is 0 Å². The fourth-order valence-electron chi connectivity index (χ4n) is 2.43. The molecule has 0 saturated heterocycles. The van der Waals surface area contributed by atoms with Crippen molar-refractivity contribution < 1.29 is 0 Å². The highest BCUT2D eigenvalue weighted by molar-refractivity contribution is 7.09. The van der Waals surface area contributed by atoms with Crippen molar-refractivity contribution in [3.05, 3.63) is 16.1 Å². The molecule has 1 unspecified atom stereocenters. The first-order valence-corrected chi connectivity index (χ1v) is 6.07. The molecule has 0 bridgehead atoms. The molecule has 78 valence electrons. The van der Waals surface area contributed by atoms with E-state index in [9.17, 15) is 0 Å². The van der Waals surface area contributed by atoms with Crippen LogP contribution in [-0.4, -0.2) is 18.6 Å². The quantitative estimate of drug-likeness (QED) is 0.811. The third-order valence-electron chi connectivity index (χ3n) is 2.95. The van der Waals surface area contributed by atoms with E-state index in [0.717, 1.165) is 6.54 Å². The smallest absolute Gasteiger partial charge is 0.0797 e. The molecule has 3 heteroatoms. The van der Waals surface area contributed by atoms with Gasteiger partial charge in [-0.25, -0.2) is 4.98 Å². The fourth-order valence-corrected chi connectivity index (χ4v) is 3.54. The zero-order valence-electron chi connectivity index (χ0n) is 9.13. The maximum Gasteiger partial charge on any atom is 0.0797 e. The van der Waals surface area contributed by atoms with Gasteiger partial charge in [-0.15, -0.1) is 11.3 Å². The molecule has 0 aliphatic heterocycles. The van der Waals surface area contributed by atoms with Gasteiger partial charge < -0.3 is 5.32 Å². The first kappa shape index (κ1) is 10.1. The summed E-state index contributed by atoms with van der Waals surface area (Å²) in [5, 5.41) is 3.27. The third-order valence-corrected chi connectivity index (χ3v) is 3.80. The molecule has 0 fully saturated rings. The van der Waals surface area contributed by atoms with E-state index in [-0.39, 0.29) is 0 Å². The third kappa shape index (κ3) is 1.84. The van der Waals surface area contributed by atoms with Crippen molar-refractivity contribution >= 4 is 11.3 Å². The Hall–Kier alpha value is -0.410. The topological polar surface area (TPSA) is 24.9 Å². The van der Waals surface area contributed by atoms with Crippen molar-refractivity contribution in [1.82, 2.24) is 10.3 Å². The number of rotatable bonds is 2. The van der Waals surface area contributed by atoms with Gasteiger partial charge in [0.05, 0.1) is 11.2 Å². The van der Waals surface area contributed by atoms with Crippen LogP contribution in [0.15, 0.2) is 5.51 Å². The van der Waals surface area contributed by atoms with E-state index in [1.54, 1.807) is 0 Å². The summed E-state index contributed by atoms with van der Waals surface area (Å²) >= 11 is 1.82. The van der Waals surface area contributed by atoms with Gasteiger partial charge in [0.2, 0.25) is 0 Å². The summed E-state index contributed by atoms with van der Waals surface area (Å²) < 4.78 is 0. The Morgan fingerprint density at radius 3 is 3.14 bits per heavy atom. The number of hydrogen-bond acceptors (Lipinski definition) is 3. The van der Waals surface area contributed by atoms with Crippen LogP contribution in [0.2, 0.25) is 0 Å². The molecule has 1 aliphatic rings. The molecule has 1 N–H and O–H groups in total. The Morgan fingerprint density at radius 1 is 1.64 bits per heavy atom. The van der Waals surface area contributed by atoms with Crippen molar-refractivity contribution in [2.75, 3.05) is 13.6 Å². The van der Waals surface area contributed by atoms with Crippen LogP contribution in [-0.2, 0) is 6.42 Å². The minimum atomic E-state index is 0.445. The minimum Gasteiger partial charge on any atom is -0.319 e. The molecule has 2 rings (SSSR count). The molecule has 0 amide bonds. The number of thiazole rings is 1. The zero-order valence-corrected chi connectivity index (χ0v) is 9.95. The van der Waals surface area contributed by atoms with Gasteiger partial charge in [0.15, 0.2) is 0 Å². The Bertz CT molecular complexity index is 317. The van der Waals surface area contributed by atoms with Gasteiger partial charge in [0.1, 0.15) is 0 Å². The molecule has 0 aromatic carbocycles. The molecule has 1 aromatic heterocycles. The van der Waals surface area contributed by atoms with Crippen LogP contribution in [0, 0.1) is 5.41 Å². The van der Waals surface area contributed by atoms with Gasteiger partial charge in [-0.05, 0) is 25.3 Å². The lowest BCUT2D eigenvalue weighted by Gasteiger charge is -2.34. The molecule has 0 spiro atoms. The highest BCUT2D eigenvalue weighted by Crippen LogP contribution is 2.42. The highest BCUT2D eigenvalue weighted by Gasteiger charge is 2.33. The number of fused-ring (bicyclic) bond motifs is 1. The Morgan fingerprint density at radius 2 is 2.43 bits per heavy atom. The molecule has 1 heterocycles. The second-order valence-corrected chi connectivity index (χ2v) is 5.90. The molecular formula is C11H18N2S. The second kappa shape index (κ2) is 3.63. The molecule has 2 nitrogen and oxygen atoms in total. The van der Waals surface area contributed by atoms with Gasteiger partial charge in [0.25, 0.3) is 0 Å². The summed E-state index contributed by atoms with van der Waals surface area (Å²) in [7, 11) is 2.02. The van der Waals surface area contributed by atoms with Gasteiger partial charge >= 0.3 is 0 Å². The van der Waals surface area contributed by atoms with Crippen LogP contribution in [0.3, 0.4) is 0 Å². The molecule has 0 saturated carbocycles. The monoisotopic (exact) mass is 210 g/mol. The lowest BCUT2D eigenvalue weighted by molar-refractivity contribution is 0.278. The molecule has 1 aliphatic carbocycles. The summed E-state index contributed by atoms with van der Waals surface area (Å²) in [5.41, 5.74) is 3.79. The van der Waals surface area contributed by atoms with E-state index in [1.807, 2.05) is 23.9 Å². The van der Waals surface area contributed by atoms with Gasteiger partial charge in [-0.1, -0.05) is 13.8 Å². The number of likely N-dealkylation sites (N-methyl/N-ethyl adjacent to an activating group) is 1. The first-order chi connectivity index (χ1) is 6.62. The predicted molar refractivity (Wildman–Crippen MR) is 60.9 cm³/mol. The zero-order chi connectivity index (χ0) is 10.2. The fraction of sp³-hybridized carbons (Fsp3) is 0.727. The van der Waals surface area contributed by atoms with Crippen LogP contribution in [0.1, 0.15) is 36.8 Å². The second-order valence-electron chi connectivity index (χ2n) is 4.96. The Labute approximate surface area is 89.8 Å². The normalized spacial score (nSPS) is 24.6. The van der Waals surface area contributed by atoms with E-state index in [0.29, 0.717) is 11.3 Å². The summed E-state index contributed by atoms with van der Waals surface area (Å²) in [6, 6.07) is 0. The lowest BCUT2D eigenvalue weighted by atomic mass is 9.73. The maximum atomic E-state index is 4.50. The summed E-state index contributed by atoms with van der Waals surface area (Å²) in [4.78, 5) is 6.00. The standard InChI is InChI=1S/C11H18N2S/c1-11(2)4-8(6-12-3)10-9(5-11)14-7-13-10/h7-8,12H,4-6H2,1-3H3. The van der Waals surface area contributed by atoms with Crippen molar-refractivity contribution in [3.8, 4) is 0 Å². The van der Waals surface area contributed by atoms with E-state index < -0.39 is 0 Å². The van der Waals surface area contributed by atoms with Crippen molar-refractivity contribution in [1.29, 1.82) is 0 Å². The number of aromatic nitrogens is 1. The van der Waals surface area contributed by atoms with Crippen LogP contribution < -0.4 is 5.32 Å². The lowest BCUT2D eigenvalue weighted by Crippen LogP contribution is -2.30. The SMILES string of the molecule is CNCC1CC(C)(C)Cc2scnc21. The summed E-state index contributed by atoms with van der Waals surface area (Å²) in [6.45, 7) is 5.77.